The molecule has 1 fully saturated rings. The van der Waals surface area contributed by atoms with Gasteiger partial charge in [0, 0.05) is 30.6 Å². The first-order valence-corrected chi connectivity index (χ1v) is 6.89. The van der Waals surface area contributed by atoms with Crippen LogP contribution in [0.3, 0.4) is 0 Å². The van der Waals surface area contributed by atoms with Crippen molar-refractivity contribution < 1.29 is 9.72 Å². The summed E-state index contributed by atoms with van der Waals surface area (Å²) in [5.74, 6) is 0.00276. The van der Waals surface area contributed by atoms with Gasteiger partial charge in [-0.2, -0.15) is 0 Å². The molecule has 21 heavy (non-hydrogen) atoms. The lowest BCUT2D eigenvalue weighted by Crippen LogP contribution is -2.32. The summed E-state index contributed by atoms with van der Waals surface area (Å²) >= 11 is 0. The van der Waals surface area contributed by atoms with Crippen molar-refractivity contribution in [3.63, 3.8) is 0 Å². The Morgan fingerprint density at radius 1 is 1.43 bits per heavy atom. The highest BCUT2D eigenvalue weighted by Gasteiger charge is 2.17. The van der Waals surface area contributed by atoms with Crippen LogP contribution in [0.1, 0.15) is 24.8 Å². The molecule has 116 valence electrons. The second-order valence-electron chi connectivity index (χ2n) is 4.98. The molecule has 0 saturated carbocycles. The Hall–Kier alpha value is -1.66. The van der Waals surface area contributed by atoms with Crippen LogP contribution in [0.15, 0.2) is 24.3 Å². The van der Waals surface area contributed by atoms with Crippen LogP contribution in [0.4, 0.5) is 5.69 Å². The van der Waals surface area contributed by atoms with Gasteiger partial charge in [-0.1, -0.05) is 18.2 Å². The minimum atomic E-state index is -0.389. The zero-order chi connectivity index (χ0) is 14.4. The lowest BCUT2D eigenvalue weighted by atomic mass is 10.1. The van der Waals surface area contributed by atoms with Crippen LogP contribution < -0.4 is 10.6 Å². The maximum absolute atomic E-state index is 11.7. The number of nitro groups is 1. The van der Waals surface area contributed by atoms with Crippen LogP contribution in [0.25, 0.3) is 0 Å². The van der Waals surface area contributed by atoms with E-state index in [1.54, 1.807) is 18.2 Å². The molecule has 2 N–H and O–H groups in total. The summed E-state index contributed by atoms with van der Waals surface area (Å²) in [6.07, 6.45) is 3.11. The molecule has 7 heteroatoms. The van der Waals surface area contributed by atoms with Gasteiger partial charge in [0.2, 0.25) is 5.91 Å². The minimum Gasteiger partial charge on any atom is -0.356 e. The van der Waals surface area contributed by atoms with Crippen LogP contribution >= 0.6 is 12.4 Å². The van der Waals surface area contributed by atoms with Gasteiger partial charge in [-0.25, -0.2) is 0 Å². The maximum Gasteiger partial charge on any atom is 0.272 e. The molecule has 6 nitrogen and oxygen atoms in total. The second-order valence-corrected chi connectivity index (χ2v) is 4.98. The Labute approximate surface area is 129 Å². The van der Waals surface area contributed by atoms with Crippen LogP contribution in [-0.2, 0) is 11.2 Å². The number of carbonyl (C=O) groups is 1. The van der Waals surface area contributed by atoms with Gasteiger partial charge in [0.05, 0.1) is 4.92 Å². The predicted octanol–water partition coefficient (Wildman–Crippen LogP) is 1.82. The van der Waals surface area contributed by atoms with Crippen molar-refractivity contribution >= 4 is 24.0 Å². The Kier molecular flexibility index (Phi) is 7.11. The average molecular weight is 314 g/mol. The fraction of sp³-hybridized carbons (Fsp3) is 0.500. The van der Waals surface area contributed by atoms with Crippen molar-refractivity contribution in [2.24, 2.45) is 0 Å². The molecule has 0 bridgehead atoms. The number of rotatable bonds is 6. The predicted molar refractivity (Wildman–Crippen MR) is 82.7 cm³/mol. The second kappa shape index (κ2) is 8.59. The quantitative estimate of drug-likeness (QED) is 0.620. The molecule has 1 amide bonds. The van der Waals surface area contributed by atoms with Gasteiger partial charge < -0.3 is 10.6 Å². The third-order valence-electron chi connectivity index (χ3n) is 3.50. The smallest absolute Gasteiger partial charge is 0.272 e. The van der Waals surface area contributed by atoms with Crippen molar-refractivity contribution in [2.75, 3.05) is 13.1 Å². The van der Waals surface area contributed by atoms with E-state index in [-0.39, 0.29) is 35.0 Å². The molecular formula is C14H20ClN3O3. The minimum absolute atomic E-state index is 0. The van der Waals surface area contributed by atoms with E-state index in [4.69, 9.17) is 0 Å². The molecule has 0 aliphatic carbocycles. The molecule has 1 saturated heterocycles. The number of hydrogen-bond acceptors (Lipinski definition) is 4. The van der Waals surface area contributed by atoms with Crippen molar-refractivity contribution in [3.05, 3.63) is 39.9 Å². The Bertz CT molecular complexity index is 490. The monoisotopic (exact) mass is 313 g/mol. The summed E-state index contributed by atoms with van der Waals surface area (Å²) in [6.45, 7) is 1.41. The molecule has 1 aliphatic heterocycles. The first-order valence-electron chi connectivity index (χ1n) is 6.89. The zero-order valence-electron chi connectivity index (χ0n) is 11.7. The summed E-state index contributed by atoms with van der Waals surface area (Å²) in [6, 6.07) is 6.90. The number of amides is 1. The first kappa shape index (κ1) is 17.4. The topological polar surface area (TPSA) is 84.3 Å². The molecule has 0 spiro atoms. The molecule has 1 aromatic rings. The summed E-state index contributed by atoms with van der Waals surface area (Å²) in [5, 5.41) is 17.0. The SMILES string of the molecule is Cl.O=C(CC1CCCN1)NCCc1ccccc1[N+](=O)[O-]. The van der Waals surface area contributed by atoms with Crippen LogP contribution in [0, 0.1) is 10.1 Å². The number of halogens is 1. The Balaban J connectivity index is 0.00000220. The lowest BCUT2D eigenvalue weighted by molar-refractivity contribution is -0.385. The molecule has 0 aromatic heterocycles. The molecule has 1 atom stereocenters. The van der Waals surface area contributed by atoms with E-state index in [0.717, 1.165) is 19.4 Å². The summed E-state index contributed by atoms with van der Waals surface area (Å²) in [7, 11) is 0. The summed E-state index contributed by atoms with van der Waals surface area (Å²) in [4.78, 5) is 22.2. The van der Waals surface area contributed by atoms with Gasteiger partial charge in [0.1, 0.15) is 0 Å². The number of nitro benzene ring substituents is 1. The van der Waals surface area contributed by atoms with Gasteiger partial charge >= 0.3 is 0 Å². The van der Waals surface area contributed by atoms with Gasteiger partial charge in [-0.3, -0.25) is 14.9 Å². The highest BCUT2D eigenvalue weighted by molar-refractivity contribution is 5.85. The first-order chi connectivity index (χ1) is 9.66. The Morgan fingerprint density at radius 3 is 2.86 bits per heavy atom. The number of hydrogen-bond donors (Lipinski definition) is 2. The standard InChI is InChI=1S/C14H19N3O3.ClH/c18-14(10-12-5-3-8-15-12)16-9-7-11-4-1-2-6-13(11)17(19)20;/h1-2,4,6,12,15H,3,5,7-10H2,(H,16,18);1H. The average Bonchev–Trinajstić information content (AvgIpc) is 2.92. The van der Waals surface area contributed by atoms with E-state index in [0.29, 0.717) is 24.9 Å². The zero-order valence-corrected chi connectivity index (χ0v) is 12.5. The van der Waals surface area contributed by atoms with Crippen molar-refractivity contribution in [1.29, 1.82) is 0 Å². The third-order valence-corrected chi connectivity index (χ3v) is 3.50. The van der Waals surface area contributed by atoms with Gasteiger partial charge in [0.15, 0.2) is 0 Å². The van der Waals surface area contributed by atoms with Crippen molar-refractivity contribution in [2.45, 2.75) is 31.7 Å². The summed E-state index contributed by atoms with van der Waals surface area (Å²) < 4.78 is 0. The van der Waals surface area contributed by atoms with E-state index >= 15 is 0 Å². The van der Waals surface area contributed by atoms with Crippen LogP contribution in [0.5, 0.6) is 0 Å². The largest absolute Gasteiger partial charge is 0.356 e. The van der Waals surface area contributed by atoms with Crippen molar-refractivity contribution in [1.82, 2.24) is 10.6 Å². The molecular weight excluding hydrogens is 294 g/mol. The molecule has 1 aliphatic rings. The fourth-order valence-electron chi connectivity index (χ4n) is 2.46. The number of carbonyl (C=O) groups excluding carboxylic acids is 1. The molecule has 0 radical (unpaired) electrons. The van der Waals surface area contributed by atoms with E-state index in [2.05, 4.69) is 10.6 Å². The lowest BCUT2D eigenvalue weighted by Gasteiger charge is -2.10. The van der Waals surface area contributed by atoms with E-state index < -0.39 is 0 Å². The molecule has 1 unspecified atom stereocenters. The highest BCUT2D eigenvalue weighted by Crippen LogP contribution is 2.17. The Morgan fingerprint density at radius 2 is 2.19 bits per heavy atom. The van der Waals surface area contributed by atoms with E-state index in [1.807, 2.05) is 0 Å². The summed E-state index contributed by atoms with van der Waals surface area (Å²) in [5.41, 5.74) is 0.760. The molecule has 2 rings (SSSR count). The van der Waals surface area contributed by atoms with Gasteiger partial charge in [-0.05, 0) is 25.8 Å². The van der Waals surface area contributed by atoms with Crippen LogP contribution in [0.2, 0.25) is 0 Å². The fourth-order valence-corrected chi connectivity index (χ4v) is 2.46. The molecule has 1 aromatic carbocycles. The van der Waals surface area contributed by atoms with E-state index in [9.17, 15) is 14.9 Å². The highest BCUT2D eigenvalue weighted by atomic mass is 35.5. The van der Waals surface area contributed by atoms with E-state index in [1.165, 1.54) is 6.07 Å². The van der Waals surface area contributed by atoms with Gasteiger partial charge in [-0.15, -0.1) is 12.4 Å². The number of nitrogens with one attached hydrogen (secondary N) is 2. The maximum atomic E-state index is 11.7. The number of para-hydroxylation sites is 1. The van der Waals surface area contributed by atoms with Gasteiger partial charge in [0.25, 0.3) is 5.69 Å². The normalized spacial score (nSPS) is 17.0. The van der Waals surface area contributed by atoms with Crippen LogP contribution in [-0.4, -0.2) is 30.0 Å². The number of benzene rings is 1. The number of nitrogens with zero attached hydrogens (tertiary/aromatic N) is 1. The van der Waals surface area contributed by atoms with Crippen molar-refractivity contribution in [3.8, 4) is 0 Å². The molecule has 1 heterocycles. The third kappa shape index (κ3) is 5.32.